The summed E-state index contributed by atoms with van der Waals surface area (Å²) in [5, 5.41) is 2.92. The van der Waals surface area contributed by atoms with Gasteiger partial charge in [0.2, 0.25) is 0 Å². The van der Waals surface area contributed by atoms with E-state index in [0.717, 1.165) is 23.4 Å². The molecule has 1 aromatic carbocycles. The van der Waals surface area contributed by atoms with Crippen LogP contribution in [0.5, 0.6) is 0 Å². The maximum atomic E-state index is 14.0. The van der Waals surface area contributed by atoms with Crippen molar-refractivity contribution in [1.82, 2.24) is 15.3 Å². The lowest BCUT2D eigenvalue weighted by Gasteiger charge is -2.19. The number of aromatic nitrogens is 2. The van der Waals surface area contributed by atoms with Gasteiger partial charge >= 0.3 is 0 Å². The average molecular weight is 321 g/mol. The zero-order valence-corrected chi connectivity index (χ0v) is 13.1. The topological polar surface area (TPSA) is 57.8 Å². The number of carbonyl (C=O) groups is 1. The number of aromatic amines is 1. The third kappa shape index (κ3) is 2.48. The Bertz CT molecular complexity index is 932. The number of nitrogens with zero attached hydrogens (tertiary/aromatic N) is 1. The highest BCUT2D eigenvalue weighted by Gasteiger charge is 2.24. The molecular formula is C19H16FN3O. The lowest BCUT2D eigenvalue weighted by Crippen LogP contribution is -2.38. The zero-order chi connectivity index (χ0) is 16.7. The standard InChI is InChI=1S/C19H16FN3O/c1-11-8-18-14(19(24)22-11)10-16(23-18)12-6-7-21-17(9-12)13-4-2-3-5-15(13)20/h2-7,9-11,23H,8H2,1H3,(H,22,24). The Kier molecular flexibility index (Phi) is 3.41. The molecule has 3 heterocycles. The fourth-order valence-corrected chi connectivity index (χ4v) is 3.09. The number of fused-ring (bicyclic) bond motifs is 1. The molecule has 24 heavy (non-hydrogen) atoms. The summed E-state index contributed by atoms with van der Waals surface area (Å²) < 4.78 is 14.0. The number of benzene rings is 1. The van der Waals surface area contributed by atoms with Gasteiger partial charge in [-0.25, -0.2) is 4.39 Å². The number of halogens is 1. The van der Waals surface area contributed by atoms with Crippen LogP contribution in [0.3, 0.4) is 0 Å². The SMILES string of the molecule is CC1Cc2[nH]c(-c3ccnc(-c4ccccc4F)c3)cc2C(=O)N1. The molecule has 2 N–H and O–H groups in total. The third-order valence-electron chi connectivity index (χ3n) is 4.25. The fourth-order valence-electron chi connectivity index (χ4n) is 3.09. The summed E-state index contributed by atoms with van der Waals surface area (Å²) in [6.07, 6.45) is 2.42. The van der Waals surface area contributed by atoms with Crippen molar-refractivity contribution in [3.63, 3.8) is 0 Å². The molecule has 3 aromatic rings. The summed E-state index contributed by atoms with van der Waals surface area (Å²) in [4.78, 5) is 19.7. The van der Waals surface area contributed by atoms with Gasteiger partial charge in [0.25, 0.3) is 5.91 Å². The summed E-state index contributed by atoms with van der Waals surface area (Å²) in [6.45, 7) is 1.98. The smallest absolute Gasteiger partial charge is 0.253 e. The molecule has 1 aliphatic rings. The highest BCUT2D eigenvalue weighted by atomic mass is 19.1. The number of carbonyl (C=O) groups excluding carboxylic acids is 1. The van der Waals surface area contributed by atoms with Gasteiger partial charge < -0.3 is 10.3 Å². The van der Waals surface area contributed by atoms with Crippen LogP contribution < -0.4 is 5.32 Å². The number of amides is 1. The maximum absolute atomic E-state index is 14.0. The Labute approximate surface area is 138 Å². The van der Waals surface area contributed by atoms with Crippen molar-refractivity contribution in [2.75, 3.05) is 0 Å². The molecule has 2 aromatic heterocycles. The second-order valence-electron chi connectivity index (χ2n) is 6.06. The van der Waals surface area contributed by atoms with Gasteiger partial charge in [-0.05, 0) is 37.3 Å². The monoisotopic (exact) mass is 321 g/mol. The molecule has 0 radical (unpaired) electrons. The molecule has 0 aliphatic carbocycles. The zero-order valence-electron chi connectivity index (χ0n) is 13.1. The molecule has 1 amide bonds. The van der Waals surface area contributed by atoms with Crippen LogP contribution in [0.1, 0.15) is 23.0 Å². The Morgan fingerprint density at radius 3 is 2.83 bits per heavy atom. The molecule has 1 atom stereocenters. The van der Waals surface area contributed by atoms with E-state index in [2.05, 4.69) is 15.3 Å². The predicted octanol–water partition coefficient (Wildman–Crippen LogP) is 3.56. The quantitative estimate of drug-likeness (QED) is 0.758. The van der Waals surface area contributed by atoms with Gasteiger partial charge in [0.1, 0.15) is 5.82 Å². The van der Waals surface area contributed by atoms with Crippen molar-refractivity contribution in [1.29, 1.82) is 0 Å². The molecule has 4 nitrogen and oxygen atoms in total. The van der Waals surface area contributed by atoms with Crippen molar-refractivity contribution in [3.8, 4) is 22.5 Å². The summed E-state index contributed by atoms with van der Waals surface area (Å²) in [7, 11) is 0. The molecule has 5 heteroatoms. The normalized spacial score (nSPS) is 16.6. The summed E-state index contributed by atoms with van der Waals surface area (Å²) in [5.74, 6) is -0.365. The van der Waals surface area contributed by atoms with E-state index in [1.807, 2.05) is 25.1 Å². The molecule has 0 fully saturated rings. The Morgan fingerprint density at radius 1 is 1.17 bits per heavy atom. The number of pyridine rings is 1. The van der Waals surface area contributed by atoms with Gasteiger partial charge in [-0.1, -0.05) is 12.1 Å². The minimum atomic E-state index is -0.305. The van der Waals surface area contributed by atoms with E-state index in [9.17, 15) is 9.18 Å². The minimum Gasteiger partial charge on any atom is -0.358 e. The number of hydrogen-bond donors (Lipinski definition) is 2. The van der Waals surface area contributed by atoms with Crippen molar-refractivity contribution in [2.45, 2.75) is 19.4 Å². The Hall–Kier alpha value is -2.95. The number of hydrogen-bond acceptors (Lipinski definition) is 2. The van der Waals surface area contributed by atoms with Gasteiger partial charge in [0.15, 0.2) is 0 Å². The van der Waals surface area contributed by atoms with E-state index in [1.54, 1.807) is 24.4 Å². The number of H-pyrrole nitrogens is 1. The summed E-state index contributed by atoms with van der Waals surface area (Å²) >= 11 is 0. The number of nitrogens with one attached hydrogen (secondary N) is 2. The molecular weight excluding hydrogens is 305 g/mol. The largest absolute Gasteiger partial charge is 0.358 e. The van der Waals surface area contributed by atoms with Crippen molar-refractivity contribution >= 4 is 5.91 Å². The van der Waals surface area contributed by atoms with Crippen LogP contribution in [0.4, 0.5) is 4.39 Å². The first-order valence-corrected chi connectivity index (χ1v) is 7.86. The van der Waals surface area contributed by atoms with Crippen LogP contribution in [0.15, 0.2) is 48.7 Å². The molecule has 120 valence electrons. The molecule has 1 unspecified atom stereocenters. The van der Waals surface area contributed by atoms with E-state index in [0.29, 0.717) is 16.8 Å². The van der Waals surface area contributed by atoms with Crippen LogP contribution in [0.2, 0.25) is 0 Å². The Morgan fingerprint density at radius 2 is 2.00 bits per heavy atom. The maximum Gasteiger partial charge on any atom is 0.253 e. The first kappa shape index (κ1) is 14.6. The van der Waals surface area contributed by atoms with E-state index in [1.165, 1.54) is 6.07 Å². The molecule has 1 aliphatic heterocycles. The molecule has 0 bridgehead atoms. The number of rotatable bonds is 2. The molecule has 0 saturated heterocycles. The van der Waals surface area contributed by atoms with Crippen LogP contribution in [0.25, 0.3) is 22.5 Å². The summed E-state index contributed by atoms with van der Waals surface area (Å²) in [6, 6.07) is 12.2. The van der Waals surface area contributed by atoms with Crippen molar-refractivity contribution in [3.05, 3.63) is 65.7 Å². The van der Waals surface area contributed by atoms with Gasteiger partial charge in [-0.3, -0.25) is 9.78 Å². The summed E-state index contributed by atoms with van der Waals surface area (Å²) in [5.41, 5.74) is 4.35. The van der Waals surface area contributed by atoms with E-state index >= 15 is 0 Å². The first-order valence-electron chi connectivity index (χ1n) is 7.86. The van der Waals surface area contributed by atoms with Crippen LogP contribution >= 0.6 is 0 Å². The first-order chi connectivity index (χ1) is 11.6. The molecule has 0 spiro atoms. The lowest BCUT2D eigenvalue weighted by atomic mass is 10.0. The van der Waals surface area contributed by atoms with Crippen molar-refractivity contribution < 1.29 is 9.18 Å². The molecule has 4 rings (SSSR count). The predicted molar refractivity (Wildman–Crippen MR) is 90.0 cm³/mol. The van der Waals surface area contributed by atoms with Gasteiger partial charge in [-0.15, -0.1) is 0 Å². The highest BCUT2D eigenvalue weighted by molar-refractivity contribution is 5.98. The van der Waals surface area contributed by atoms with E-state index in [4.69, 9.17) is 0 Å². The highest BCUT2D eigenvalue weighted by Crippen LogP contribution is 2.28. The van der Waals surface area contributed by atoms with Crippen LogP contribution in [-0.2, 0) is 6.42 Å². The molecule has 0 saturated carbocycles. The van der Waals surface area contributed by atoms with Crippen LogP contribution in [-0.4, -0.2) is 21.9 Å². The average Bonchev–Trinajstić information content (AvgIpc) is 3.00. The van der Waals surface area contributed by atoms with E-state index in [-0.39, 0.29) is 17.8 Å². The fraction of sp³-hybridized carbons (Fsp3) is 0.158. The van der Waals surface area contributed by atoms with Gasteiger partial charge in [0.05, 0.1) is 11.3 Å². The second kappa shape index (κ2) is 5.60. The third-order valence-corrected chi connectivity index (χ3v) is 4.25. The van der Waals surface area contributed by atoms with E-state index < -0.39 is 0 Å². The Balaban J connectivity index is 1.76. The van der Waals surface area contributed by atoms with Gasteiger partial charge in [0, 0.05) is 41.2 Å². The van der Waals surface area contributed by atoms with Crippen LogP contribution in [0, 0.1) is 5.82 Å². The second-order valence-corrected chi connectivity index (χ2v) is 6.06. The van der Waals surface area contributed by atoms with Crippen molar-refractivity contribution in [2.24, 2.45) is 0 Å². The lowest BCUT2D eigenvalue weighted by molar-refractivity contribution is 0.0929. The minimum absolute atomic E-state index is 0.0605. The van der Waals surface area contributed by atoms with Gasteiger partial charge in [-0.2, -0.15) is 0 Å².